The molecule has 0 saturated heterocycles. The molecule has 0 spiro atoms. The van der Waals surface area contributed by atoms with Crippen molar-refractivity contribution in [1.29, 1.82) is 5.26 Å². The predicted octanol–water partition coefficient (Wildman–Crippen LogP) is 6.52. The van der Waals surface area contributed by atoms with E-state index in [1.807, 2.05) is 10.6 Å². The topological polar surface area (TPSA) is 28.7 Å². The Labute approximate surface area is 159 Å². The van der Waals surface area contributed by atoms with Crippen LogP contribution in [0.1, 0.15) is 55.9 Å². The van der Waals surface area contributed by atoms with E-state index in [9.17, 15) is 14.0 Å². The van der Waals surface area contributed by atoms with Crippen molar-refractivity contribution in [3.63, 3.8) is 0 Å². The minimum Gasteiger partial charge on any atom is -0.315 e. The Kier molecular flexibility index (Phi) is 5.32. The molecule has 140 valence electrons. The Morgan fingerprint density at radius 2 is 1.85 bits per heavy atom. The van der Waals surface area contributed by atoms with Crippen LogP contribution in [0.2, 0.25) is 0 Å². The van der Waals surface area contributed by atoms with Gasteiger partial charge in [0.2, 0.25) is 0 Å². The zero-order valence-corrected chi connectivity index (χ0v) is 16.0. The lowest BCUT2D eigenvalue weighted by Gasteiger charge is -2.13. The smallest absolute Gasteiger partial charge is 0.270 e. The number of aryl methyl sites for hydroxylation is 2. The van der Waals surface area contributed by atoms with Gasteiger partial charge in [0.25, 0.3) is 5.92 Å². The third-order valence-electron chi connectivity index (χ3n) is 5.08. The summed E-state index contributed by atoms with van der Waals surface area (Å²) in [5, 5.41) is 10.1. The molecule has 0 atom stereocenters. The van der Waals surface area contributed by atoms with Gasteiger partial charge in [-0.25, -0.2) is 8.78 Å². The Bertz CT molecular complexity index is 1000. The third kappa shape index (κ3) is 3.73. The van der Waals surface area contributed by atoms with Gasteiger partial charge in [-0.1, -0.05) is 32.4 Å². The molecule has 0 amide bonds. The van der Waals surface area contributed by atoms with Crippen molar-refractivity contribution in [2.24, 2.45) is 0 Å². The van der Waals surface area contributed by atoms with Gasteiger partial charge in [0.15, 0.2) is 0 Å². The molecule has 0 bridgehead atoms. The molecule has 1 heterocycles. The molecular formula is C23H24F2N2. The van der Waals surface area contributed by atoms with E-state index in [0.29, 0.717) is 10.9 Å². The van der Waals surface area contributed by atoms with Gasteiger partial charge in [0.1, 0.15) is 6.07 Å². The van der Waals surface area contributed by atoms with Crippen LogP contribution in [0.15, 0.2) is 42.6 Å². The van der Waals surface area contributed by atoms with Crippen molar-refractivity contribution in [2.45, 2.75) is 52.4 Å². The zero-order valence-electron chi connectivity index (χ0n) is 16.0. The summed E-state index contributed by atoms with van der Waals surface area (Å²) in [5.74, 6) is -2.93. The largest absolute Gasteiger partial charge is 0.315 e. The highest BCUT2D eigenvalue weighted by molar-refractivity contribution is 5.88. The van der Waals surface area contributed by atoms with Crippen LogP contribution in [-0.4, -0.2) is 4.57 Å². The summed E-state index contributed by atoms with van der Waals surface area (Å²) in [4.78, 5) is 0. The summed E-state index contributed by atoms with van der Waals surface area (Å²) in [6.07, 6.45) is 5.99. The molecule has 2 aromatic carbocycles. The third-order valence-corrected chi connectivity index (χ3v) is 5.08. The first-order chi connectivity index (χ1) is 12.9. The number of nitriles is 1. The summed E-state index contributed by atoms with van der Waals surface area (Å²) in [5.41, 5.74) is 4.71. The SMILES string of the molecule is CCCCc1cc(-n2cc(C#N)c3cc(C(C)(F)F)ccc32)ccc1CC. The lowest BCUT2D eigenvalue weighted by atomic mass is 9.99. The number of rotatable bonds is 6. The Morgan fingerprint density at radius 3 is 2.48 bits per heavy atom. The van der Waals surface area contributed by atoms with Gasteiger partial charge in [-0.05, 0) is 54.7 Å². The number of aromatic nitrogens is 1. The first-order valence-corrected chi connectivity index (χ1v) is 9.44. The minimum absolute atomic E-state index is 0.0748. The van der Waals surface area contributed by atoms with E-state index in [2.05, 4.69) is 32.0 Å². The van der Waals surface area contributed by atoms with Crippen LogP contribution < -0.4 is 0 Å². The molecule has 1 aromatic heterocycles. The van der Waals surface area contributed by atoms with Crippen LogP contribution >= 0.6 is 0 Å². The van der Waals surface area contributed by atoms with E-state index >= 15 is 0 Å². The quantitative estimate of drug-likeness (QED) is 0.488. The highest BCUT2D eigenvalue weighted by Crippen LogP contribution is 2.33. The van der Waals surface area contributed by atoms with E-state index < -0.39 is 5.92 Å². The maximum atomic E-state index is 13.7. The number of halogens is 2. The van der Waals surface area contributed by atoms with Crippen molar-refractivity contribution in [3.8, 4) is 11.8 Å². The second-order valence-electron chi connectivity index (χ2n) is 7.06. The Morgan fingerprint density at radius 1 is 1.07 bits per heavy atom. The molecular weight excluding hydrogens is 342 g/mol. The molecule has 0 N–H and O–H groups in total. The number of unbranched alkanes of at least 4 members (excludes halogenated alkanes) is 1. The van der Waals surface area contributed by atoms with Crippen LogP contribution in [-0.2, 0) is 18.8 Å². The first-order valence-electron chi connectivity index (χ1n) is 9.44. The molecule has 4 heteroatoms. The molecule has 0 aliphatic rings. The molecule has 3 rings (SSSR count). The van der Waals surface area contributed by atoms with E-state index in [1.165, 1.54) is 23.3 Å². The summed E-state index contributed by atoms with van der Waals surface area (Å²) in [7, 11) is 0. The van der Waals surface area contributed by atoms with Crippen LogP contribution in [0.25, 0.3) is 16.6 Å². The lowest BCUT2D eigenvalue weighted by Crippen LogP contribution is -2.06. The molecule has 0 aliphatic heterocycles. The van der Waals surface area contributed by atoms with E-state index in [-0.39, 0.29) is 5.56 Å². The molecule has 0 aliphatic carbocycles. The van der Waals surface area contributed by atoms with Gasteiger partial charge in [-0.3, -0.25) is 0 Å². The maximum absolute atomic E-state index is 13.7. The lowest BCUT2D eigenvalue weighted by molar-refractivity contribution is 0.0176. The molecule has 0 unspecified atom stereocenters. The number of fused-ring (bicyclic) bond motifs is 1. The average molecular weight is 366 g/mol. The van der Waals surface area contributed by atoms with Gasteiger partial charge in [0.05, 0.1) is 11.1 Å². The number of alkyl halides is 2. The van der Waals surface area contributed by atoms with Crippen molar-refractivity contribution < 1.29 is 8.78 Å². The fraction of sp³-hybridized carbons (Fsp3) is 0.348. The number of hydrogen-bond acceptors (Lipinski definition) is 1. The molecule has 0 fully saturated rings. The average Bonchev–Trinajstić information content (AvgIpc) is 3.03. The maximum Gasteiger partial charge on any atom is 0.270 e. The Hall–Kier alpha value is -2.67. The summed E-state index contributed by atoms with van der Waals surface area (Å²) in [6.45, 7) is 5.20. The van der Waals surface area contributed by atoms with E-state index in [1.54, 1.807) is 12.3 Å². The molecule has 27 heavy (non-hydrogen) atoms. The standard InChI is InChI=1S/C23H24F2N2/c1-4-6-7-17-12-20(10-8-16(17)5-2)27-15-18(14-26)21-13-19(23(3,24)25)9-11-22(21)27/h8-13,15H,4-7H2,1-3H3. The first kappa shape index (κ1) is 19.1. The second kappa shape index (κ2) is 7.52. The van der Waals surface area contributed by atoms with Crippen LogP contribution in [0.5, 0.6) is 0 Å². The number of hydrogen-bond donors (Lipinski definition) is 0. The second-order valence-corrected chi connectivity index (χ2v) is 7.06. The fourth-order valence-corrected chi connectivity index (χ4v) is 3.51. The van der Waals surface area contributed by atoms with E-state index in [0.717, 1.165) is 43.8 Å². The van der Waals surface area contributed by atoms with Crippen LogP contribution in [0.3, 0.4) is 0 Å². The highest BCUT2D eigenvalue weighted by Gasteiger charge is 2.25. The van der Waals surface area contributed by atoms with Crippen molar-refractivity contribution >= 4 is 10.9 Å². The fourth-order valence-electron chi connectivity index (χ4n) is 3.51. The predicted molar refractivity (Wildman–Crippen MR) is 106 cm³/mol. The van der Waals surface area contributed by atoms with Crippen molar-refractivity contribution in [2.75, 3.05) is 0 Å². The minimum atomic E-state index is -2.93. The van der Waals surface area contributed by atoms with Crippen molar-refractivity contribution in [1.82, 2.24) is 4.57 Å². The van der Waals surface area contributed by atoms with Crippen LogP contribution in [0.4, 0.5) is 8.78 Å². The van der Waals surface area contributed by atoms with Gasteiger partial charge in [-0.2, -0.15) is 5.26 Å². The number of benzene rings is 2. The normalized spacial score (nSPS) is 11.7. The summed E-state index contributed by atoms with van der Waals surface area (Å²) in [6, 6.07) is 13.0. The van der Waals surface area contributed by atoms with Crippen LogP contribution in [0, 0.1) is 11.3 Å². The monoisotopic (exact) mass is 366 g/mol. The van der Waals surface area contributed by atoms with Gasteiger partial charge in [-0.15, -0.1) is 0 Å². The summed E-state index contributed by atoms with van der Waals surface area (Å²) < 4.78 is 29.4. The van der Waals surface area contributed by atoms with Crippen molar-refractivity contribution in [3.05, 3.63) is 64.8 Å². The molecule has 0 saturated carbocycles. The highest BCUT2D eigenvalue weighted by atomic mass is 19.3. The van der Waals surface area contributed by atoms with Gasteiger partial charge >= 0.3 is 0 Å². The number of nitrogens with zero attached hydrogens (tertiary/aromatic N) is 2. The van der Waals surface area contributed by atoms with Gasteiger partial charge < -0.3 is 4.57 Å². The zero-order chi connectivity index (χ0) is 19.6. The Balaban J connectivity index is 2.16. The molecule has 2 nitrogen and oxygen atoms in total. The molecule has 0 radical (unpaired) electrons. The molecule has 3 aromatic rings. The van der Waals surface area contributed by atoms with E-state index in [4.69, 9.17) is 0 Å². The van der Waals surface area contributed by atoms with Gasteiger partial charge in [0, 0.05) is 29.8 Å². The summed E-state index contributed by atoms with van der Waals surface area (Å²) >= 11 is 0.